The number of aromatic nitrogens is 3. The van der Waals surface area contributed by atoms with Crippen molar-refractivity contribution in [2.45, 2.75) is 6.54 Å². The van der Waals surface area contributed by atoms with E-state index in [0.29, 0.717) is 10.4 Å². The maximum Gasteiger partial charge on any atom is 0.246 e. The Morgan fingerprint density at radius 3 is 2.72 bits per heavy atom. The highest BCUT2D eigenvalue weighted by atomic mass is 79.9. The summed E-state index contributed by atoms with van der Waals surface area (Å²) in [5, 5.41) is 6.64. The predicted octanol–water partition coefficient (Wildman–Crippen LogP) is 2.02. The molecule has 0 fully saturated rings. The first-order valence-corrected chi connectivity index (χ1v) is 6.55. The third kappa shape index (κ3) is 3.08. The van der Waals surface area contributed by atoms with Crippen LogP contribution in [0.1, 0.15) is 0 Å². The lowest BCUT2D eigenvalue weighted by atomic mass is 10.3. The van der Waals surface area contributed by atoms with Gasteiger partial charge >= 0.3 is 0 Å². The minimum absolute atomic E-state index is 0.0338. The summed E-state index contributed by atoms with van der Waals surface area (Å²) in [6, 6.07) is 7.35. The molecule has 18 heavy (non-hydrogen) atoms. The first-order chi connectivity index (χ1) is 8.56. The van der Waals surface area contributed by atoms with Crippen LogP contribution in [0.4, 0.5) is 11.6 Å². The summed E-state index contributed by atoms with van der Waals surface area (Å²) in [5.41, 5.74) is 6.12. The van der Waals surface area contributed by atoms with Gasteiger partial charge in [0.1, 0.15) is 6.54 Å². The van der Waals surface area contributed by atoms with Gasteiger partial charge in [0.25, 0.3) is 0 Å². The van der Waals surface area contributed by atoms with E-state index >= 15 is 0 Å². The average molecular weight is 375 g/mol. The Morgan fingerprint density at radius 1 is 1.39 bits per heavy atom. The second kappa shape index (κ2) is 5.49. The molecule has 1 aromatic carbocycles. The Kier molecular flexibility index (Phi) is 3.97. The summed E-state index contributed by atoms with van der Waals surface area (Å²) in [7, 11) is 0. The van der Waals surface area contributed by atoms with Gasteiger partial charge < -0.3 is 11.1 Å². The summed E-state index contributed by atoms with van der Waals surface area (Å²) < 4.78 is 2.61. The molecule has 6 nitrogen and oxygen atoms in total. The van der Waals surface area contributed by atoms with Crippen LogP contribution in [0.25, 0.3) is 0 Å². The number of carbonyl (C=O) groups excluding carboxylic acids is 1. The van der Waals surface area contributed by atoms with Gasteiger partial charge in [-0.3, -0.25) is 4.79 Å². The Labute approximate surface area is 120 Å². The molecule has 0 saturated heterocycles. The summed E-state index contributed by atoms with van der Waals surface area (Å²) in [6.45, 7) is 0.0338. The molecule has 94 valence electrons. The third-order valence-electron chi connectivity index (χ3n) is 2.08. The van der Waals surface area contributed by atoms with Crippen molar-refractivity contribution in [3.05, 3.63) is 33.5 Å². The number of anilines is 2. The van der Waals surface area contributed by atoms with Gasteiger partial charge in [-0.15, -0.1) is 5.10 Å². The van der Waals surface area contributed by atoms with Crippen molar-refractivity contribution in [2.75, 3.05) is 11.1 Å². The molecule has 1 heterocycles. The van der Waals surface area contributed by atoms with E-state index in [4.69, 9.17) is 5.73 Å². The Balaban J connectivity index is 2.06. The summed E-state index contributed by atoms with van der Waals surface area (Å²) in [5.74, 6) is -0.0944. The van der Waals surface area contributed by atoms with Gasteiger partial charge in [-0.25, -0.2) is 4.68 Å². The van der Waals surface area contributed by atoms with E-state index in [-0.39, 0.29) is 18.4 Å². The van der Waals surface area contributed by atoms with Crippen LogP contribution in [-0.2, 0) is 11.3 Å². The molecule has 0 bridgehead atoms. The molecule has 0 aliphatic heterocycles. The number of halogens is 2. The fraction of sp³-hybridized carbons (Fsp3) is 0.100. The molecule has 1 aromatic heterocycles. The summed E-state index contributed by atoms with van der Waals surface area (Å²) >= 11 is 6.52. The maximum atomic E-state index is 11.8. The molecule has 2 aromatic rings. The van der Waals surface area contributed by atoms with E-state index in [1.54, 1.807) is 6.07 Å². The van der Waals surface area contributed by atoms with Crippen LogP contribution < -0.4 is 11.1 Å². The van der Waals surface area contributed by atoms with Crippen LogP contribution in [0.15, 0.2) is 33.5 Å². The maximum absolute atomic E-state index is 11.8. The third-order valence-corrected chi connectivity index (χ3v) is 3.36. The van der Waals surface area contributed by atoms with Crippen LogP contribution in [0.5, 0.6) is 0 Å². The van der Waals surface area contributed by atoms with E-state index in [2.05, 4.69) is 47.3 Å². The van der Waals surface area contributed by atoms with Crippen LogP contribution in [0.3, 0.4) is 0 Å². The van der Waals surface area contributed by atoms with E-state index in [1.807, 2.05) is 18.2 Å². The van der Waals surface area contributed by atoms with Crippen molar-refractivity contribution < 1.29 is 4.79 Å². The van der Waals surface area contributed by atoms with Crippen molar-refractivity contribution in [2.24, 2.45) is 0 Å². The monoisotopic (exact) mass is 373 g/mol. The second-order valence-electron chi connectivity index (χ2n) is 3.42. The molecule has 0 unspecified atom stereocenters. The van der Waals surface area contributed by atoms with Gasteiger partial charge in [0.05, 0.1) is 5.69 Å². The van der Waals surface area contributed by atoms with E-state index in [9.17, 15) is 4.79 Å². The highest BCUT2D eigenvalue weighted by Crippen LogP contribution is 2.21. The number of nitrogens with one attached hydrogen (secondary N) is 1. The lowest BCUT2D eigenvalue weighted by Gasteiger charge is -2.07. The molecule has 3 N–H and O–H groups in total. The van der Waals surface area contributed by atoms with Crippen molar-refractivity contribution >= 4 is 49.4 Å². The number of nitrogens with two attached hydrogens (primary N) is 1. The summed E-state index contributed by atoms with van der Waals surface area (Å²) in [4.78, 5) is 15.7. The average Bonchev–Trinajstić information content (AvgIpc) is 2.61. The fourth-order valence-electron chi connectivity index (χ4n) is 1.33. The molecule has 1 amide bonds. The van der Waals surface area contributed by atoms with Gasteiger partial charge in [-0.05, 0) is 44.0 Å². The summed E-state index contributed by atoms with van der Waals surface area (Å²) in [6.07, 6.45) is 0. The highest BCUT2D eigenvalue weighted by Gasteiger charge is 2.10. The zero-order valence-corrected chi connectivity index (χ0v) is 12.3. The Bertz CT molecular complexity index is 583. The molecule has 0 aliphatic rings. The van der Waals surface area contributed by atoms with Crippen molar-refractivity contribution in [3.63, 3.8) is 0 Å². The van der Waals surface area contributed by atoms with Crippen LogP contribution in [-0.4, -0.2) is 20.7 Å². The zero-order valence-electron chi connectivity index (χ0n) is 9.10. The number of carbonyl (C=O) groups is 1. The van der Waals surface area contributed by atoms with Crippen LogP contribution in [0.2, 0.25) is 0 Å². The number of para-hydroxylation sites is 1. The molecule has 0 atom stereocenters. The highest BCUT2D eigenvalue weighted by molar-refractivity contribution is 9.10. The standard InChI is InChI=1S/C10H9Br2N5O/c11-6-3-1-2-4-7(6)14-8(18)5-17-9(12)15-10(13)16-17/h1-4H,5H2,(H2,13,16)(H,14,18). The lowest BCUT2D eigenvalue weighted by Crippen LogP contribution is -2.20. The van der Waals surface area contributed by atoms with E-state index < -0.39 is 0 Å². The molecule has 0 saturated carbocycles. The Morgan fingerprint density at radius 2 is 2.11 bits per heavy atom. The number of rotatable bonds is 3. The minimum atomic E-state index is -0.215. The molecule has 0 aliphatic carbocycles. The molecule has 8 heteroatoms. The largest absolute Gasteiger partial charge is 0.366 e. The number of amides is 1. The number of nitrogen functional groups attached to an aromatic ring is 1. The van der Waals surface area contributed by atoms with E-state index in [0.717, 1.165) is 4.47 Å². The van der Waals surface area contributed by atoms with Gasteiger partial charge in [0.2, 0.25) is 11.9 Å². The molecule has 0 radical (unpaired) electrons. The first-order valence-electron chi connectivity index (χ1n) is 4.96. The minimum Gasteiger partial charge on any atom is -0.366 e. The van der Waals surface area contributed by atoms with E-state index in [1.165, 1.54) is 4.68 Å². The van der Waals surface area contributed by atoms with Crippen molar-refractivity contribution in [1.82, 2.24) is 14.8 Å². The molecular weight excluding hydrogens is 366 g/mol. The van der Waals surface area contributed by atoms with Gasteiger partial charge in [0, 0.05) is 4.47 Å². The van der Waals surface area contributed by atoms with Crippen molar-refractivity contribution in [3.8, 4) is 0 Å². The number of nitrogens with zero attached hydrogens (tertiary/aromatic N) is 3. The molecule has 2 rings (SSSR count). The lowest BCUT2D eigenvalue weighted by molar-refractivity contribution is -0.116. The molecular formula is C10H9Br2N5O. The van der Waals surface area contributed by atoms with Gasteiger partial charge in [0.15, 0.2) is 4.73 Å². The topological polar surface area (TPSA) is 85.8 Å². The number of hydrogen-bond donors (Lipinski definition) is 2. The molecule has 0 spiro atoms. The van der Waals surface area contributed by atoms with Crippen molar-refractivity contribution in [1.29, 1.82) is 0 Å². The second-order valence-corrected chi connectivity index (χ2v) is 4.99. The fourth-order valence-corrected chi connectivity index (χ4v) is 2.10. The predicted molar refractivity (Wildman–Crippen MR) is 74.9 cm³/mol. The zero-order chi connectivity index (χ0) is 13.1. The quantitative estimate of drug-likeness (QED) is 0.860. The van der Waals surface area contributed by atoms with Gasteiger partial charge in [-0.1, -0.05) is 12.1 Å². The number of benzene rings is 1. The van der Waals surface area contributed by atoms with Gasteiger partial charge in [-0.2, -0.15) is 4.98 Å². The normalized spacial score (nSPS) is 10.3. The first kappa shape index (κ1) is 13.0. The number of hydrogen-bond acceptors (Lipinski definition) is 4. The SMILES string of the molecule is Nc1nc(Br)n(CC(=O)Nc2ccccc2Br)n1. The van der Waals surface area contributed by atoms with Crippen LogP contribution in [0, 0.1) is 0 Å². The smallest absolute Gasteiger partial charge is 0.246 e. The van der Waals surface area contributed by atoms with Crippen LogP contribution >= 0.6 is 31.9 Å². The Hall–Kier alpha value is -1.41.